The molecule has 0 fully saturated rings. The van der Waals surface area contributed by atoms with E-state index in [1.54, 1.807) is 24.3 Å². The van der Waals surface area contributed by atoms with Gasteiger partial charge in [-0.05, 0) is 30.7 Å². The van der Waals surface area contributed by atoms with E-state index in [9.17, 15) is 4.79 Å². The van der Waals surface area contributed by atoms with Crippen LogP contribution >= 0.6 is 23.2 Å². The van der Waals surface area contributed by atoms with Crippen molar-refractivity contribution >= 4 is 34.2 Å². The zero-order chi connectivity index (χ0) is 19.0. The van der Waals surface area contributed by atoms with Crippen LogP contribution in [0.15, 0.2) is 56.2 Å². The third-order valence-electron chi connectivity index (χ3n) is 3.93. The van der Waals surface area contributed by atoms with E-state index in [1.807, 2.05) is 19.1 Å². The number of fused-ring (bicyclic) bond motifs is 1. The summed E-state index contributed by atoms with van der Waals surface area (Å²) >= 11 is 12.4. The van der Waals surface area contributed by atoms with Crippen LogP contribution in [0.4, 0.5) is 0 Å². The highest BCUT2D eigenvalue weighted by molar-refractivity contribution is 6.33. The lowest BCUT2D eigenvalue weighted by Crippen LogP contribution is -2.00. The van der Waals surface area contributed by atoms with Crippen molar-refractivity contribution in [1.29, 1.82) is 0 Å². The SMILES string of the molecule is Cc1cc(=O)oc2cc(OCc3noc(-c4ccccc4Cl)n3)c(Cl)cc12. The minimum Gasteiger partial charge on any atom is -0.484 e. The molecule has 2 aromatic carbocycles. The minimum atomic E-state index is -0.434. The summed E-state index contributed by atoms with van der Waals surface area (Å²) in [6.07, 6.45) is 0. The maximum atomic E-state index is 11.6. The van der Waals surface area contributed by atoms with E-state index in [0.29, 0.717) is 38.7 Å². The summed E-state index contributed by atoms with van der Waals surface area (Å²) in [4.78, 5) is 15.8. The van der Waals surface area contributed by atoms with Crippen LogP contribution in [-0.2, 0) is 6.61 Å². The molecule has 0 aliphatic carbocycles. The second kappa shape index (κ2) is 7.06. The van der Waals surface area contributed by atoms with Crippen molar-refractivity contribution in [2.75, 3.05) is 0 Å². The van der Waals surface area contributed by atoms with Gasteiger partial charge in [0, 0.05) is 17.5 Å². The van der Waals surface area contributed by atoms with Gasteiger partial charge >= 0.3 is 5.63 Å². The second-order valence-corrected chi connectivity index (χ2v) is 6.63. The molecule has 0 saturated heterocycles. The minimum absolute atomic E-state index is 0.0230. The van der Waals surface area contributed by atoms with Gasteiger partial charge in [-0.3, -0.25) is 0 Å². The van der Waals surface area contributed by atoms with E-state index >= 15 is 0 Å². The monoisotopic (exact) mass is 402 g/mol. The maximum Gasteiger partial charge on any atom is 0.336 e. The number of aryl methyl sites for hydroxylation is 1. The molecule has 0 saturated carbocycles. The fourth-order valence-electron chi connectivity index (χ4n) is 2.63. The van der Waals surface area contributed by atoms with Crippen LogP contribution in [0.1, 0.15) is 11.4 Å². The molecule has 8 heteroatoms. The first kappa shape index (κ1) is 17.6. The van der Waals surface area contributed by atoms with Gasteiger partial charge in [-0.1, -0.05) is 40.5 Å². The average molecular weight is 403 g/mol. The van der Waals surface area contributed by atoms with Crippen LogP contribution in [-0.4, -0.2) is 10.1 Å². The summed E-state index contributed by atoms with van der Waals surface area (Å²) < 4.78 is 16.1. The van der Waals surface area contributed by atoms with E-state index in [1.165, 1.54) is 6.07 Å². The molecule has 0 bridgehead atoms. The molecule has 4 rings (SSSR count). The highest BCUT2D eigenvalue weighted by atomic mass is 35.5. The molecule has 4 aromatic rings. The van der Waals surface area contributed by atoms with Gasteiger partial charge in [-0.2, -0.15) is 4.98 Å². The first-order valence-electron chi connectivity index (χ1n) is 7.95. The lowest BCUT2D eigenvalue weighted by Gasteiger charge is -2.08. The van der Waals surface area contributed by atoms with Gasteiger partial charge in [0.05, 0.1) is 15.6 Å². The average Bonchev–Trinajstić information content (AvgIpc) is 3.10. The van der Waals surface area contributed by atoms with Gasteiger partial charge in [-0.25, -0.2) is 4.79 Å². The number of benzene rings is 2. The Balaban J connectivity index is 1.58. The topological polar surface area (TPSA) is 78.4 Å². The van der Waals surface area contributed by atoms with Crippen LogP contribution < -0.4 is 10.4 Å². The van der Waals surface area contributed by atoms with Gasteiger partial charge in [0.15, 0.2) is 6.61 Å². The quantitative estimate of drug-likeness (QED) is 0.445. The van der Waals surface area contributed by atoms with E-state index in [-0.39, 0.29) is 6.61 Å². The summed E-state index contributed by atoms with van der Waals surface area (Å²) in [6.45, 7) is 1.83. The van der Waals surface area contributed by atoms with Crippen LogP contribution in [0.3, 0.4) is 0 Å². The number of hydrogen-bond donors (Lipinski definition) is 0. The van der Waals surface area contributed by atoms with Gasteiger partial charge in [0.2, 0.25) is 5.82 Å². The molecule has 136 valence electrons. The normalized spacial score (nSPS) is 11.1. The molecule has 0 unspecified atom stereocenters. The molecule has 2 aromatic heterocycles. The molecule has 0 aliphatic heterocycles. The Labute approximate surface area is 163 Å². The van der Waals surface area contributed by atoms with Crippen molar-refractivity contribution < 1.29 is 13.7 Å². The first-order valence-corrected chi connectivity index (χ1v) is 8.71. The zero-order valence-electron chi connectivity index (χ0n) is 14.0. The van der Waals surface area contributed by atoms with Gasteiger partial charge in [-0.15, -0.1) is 0 Å². The summed E-state index contributed by atoms with van der Waals surface area (Å²) in [5, 5.41) is 5.52. The predicted octanol–water partition coefficient (Wildman–Crippen LogP) is 5.04. The van der Waals surface area contributed by atoms with Crippen molar-refractivity contribution in [1.82, 2.24) is 10.1 Å². The fourth-order valence-corrected chi connectivity index (χ4v) is 3.06. The highest BCUT2D eigenvalue weighted by Crippen LogP contribution is 2.32. The number of rotatable bonds is 4. The molecule has 0 aliphatic rings. The van der Waals surface area contributed by atoms with E-state index in [0.717, 1.165) is 10.9 Å². The van der Waals surface area contributed by atoms with Crippen molar-refractivity contribution in [3.63, 3.8) is 0 Å². The molecule has 0 amide bonds. The molecule has 0 spiro atoms. The summed E-state index contributed by atoms with van der Waals surface area (Å²) in [7, 11) is 0. The van der Waals surface area contributed by atoms with Gasteiger partial charge in [0.25, 0.3) is 5.89 Å². The molecule has 2 heterocycles. The van der Waals surface area contributed by atoms with Crippen LogP contribution in [0.5, 0.6) is 5.75 Å². The first-order chi connectivity index (χ1) is 13.0. The number of nitrogens with zero attached hydrogens (tertiary/aromatic N) is 2. The molecular weight excluding hydrogens is 391 g/mol. The van der Waals surface area contributed by atoms with E-state index in [4.69, 9.17) is 36.9 Å². The standard InChI is InChI=1S/C19H12Cl2N2O4/c1-10-6-18(24)26-15-8-16(14(21)7-12(10)15)25-9-17-22-19(27-23-17)11-4-2-3-5-13(11)20/h2-8H,9H2,1H3. The zero-order valence-corrected chi connectivity index (χ0v) is 15.5. The lowest BCUT2D eigenvalue weighted by atomic mass is 10.1. The summed E-state index contributed by atoms with van der Waals surface area (Å²) in [5.41, 5.74) is 1.37. The lowest BCUT2D eigenvalue weighted by molar-refractivity contribution is 0.287. The van der Waals surface area contributed by atoms with Crippen LogP contribution in [0.25, 0.3) is 22.4 Å². The second-order valence-electron chi connectivity index (χ2n) is 5.81. The summed E-state index contributed by atoms with van der Waals surface area (Å²) in [6, 6.07) is 11.8. The van der Waals surface area contributed by atoms with Crippen molar-refractivity contribution in [2.24, 2.45) is 0 Å². The third-order valence-corrected chi connectivity index (χ3v) is 4.56. The molecule has 0 N–H and O–H groups in total. The number of hydrogen-bond acceptors (Lipinski definition) is 6. The number of ether oxygens (including phenoxy) is 1. The van der Waals surface area contributed by atoms with Gasteiger partial charge < -0.3 is 13.7 Å². The smallest absolute Gasteiger partial charge is 0.336 e. The third kappa shape index (κ3) is 3.54. The number of aromatic nitrogens is 2. The molecule has 6 nitrogen and oxygen atoms in total. The van der Waals surface area contributed by atoms with Crippen molar-refractivity contribution in [3.8, 4) is 17.2 Å². The maximum absolute atomic E-state index is 11.6. The molecular formula is C19H12Cl2N2O4. The predicted molar refractivity (Wildman–Crippen MR) is 101 cm³/mol. The van der Waals surface area contributed by atoms with E-state index < -0.39 is 5.63 Å². The Hall–Kier alpha value is -2.83. The Bertz CT molecular complexity index is 1200. The largest absolute Gasteiger partial charge is 0.484 e. The Morgan fingerprint density at radius 1 is 1.11 bits per heavy atom. The van der Waals surface area contributed by atoms with Crippen molar-refractivity contribution in [3.05, 3.63) is 74.3 Å². The molecule has 27 heavy (non-hydrogen) atoms. The Morgan fingerprint density at radius 3 is 2.74 bits per heavy atom. The Morgan fingerprint density at radius 2 is 1.93 bits per heavy atom. The highest BCUT2D eigenvalue weighted by Gasteiger charge is 2.14. The molecule has 0 radical (unpaired) electrons. The van der Waals surface area contributed by atoms with E-state index in [2.05, 4.69) is 10.1 Å². The van der Waals surface area contributed by atoms with Gasteiger partial charge in [0.1, 0.15) is 11.3 Å². The fraction of sp³-hybridized carbons (Fsp3) is 0.105. The molecule has 0 atom stereocenters. The van der Waals surface area contributed by atoms with Crippen LogP contribution in [0, 0.1) is 6.92 Å². The summed E-state index contributed by atoms with van der Waals surface area (Å²) in [5.74, 6) is 0.971. The number of halogens is 2. The Kier molecular flexibility index (Phi) is 4.59. The van der Waals surface area contributed by atoms with Crippen molar-refractivity contribution in [2.45, 2.75) is 13.5 Å². The van der Waals surface area contributed by atoms with Crippen LogP contribution in [0.2, 0.25) is 10.0 Å².